The number of thiol groups is 1. The second kappa shape index (κ2) is 3.78. The van der Waals surface area contributed by atoms with Gasteiger partial charge in [-0.05, 0) is 67.6 Å². The Balaban J connectivity index is 1.91. The van der Waals surface area contributed by atoms with Crippen molar-refractivity contribution in [1.29, 1.82) is 0 Å². The summed E-state index contributed by atoms with van der Waals surface area (Å²) < 4.78 is 0. The molecule has 0 amide bonds. The van der Waals surface area contributed by atoms with Crippen LogP contribution in [0, 0.1) is 22.7 Å². The van der Waals surface area contributed by atoms with Crippen LogP contribution < -0.4 is 0 Å². The molecular formula is C15H22O2S. The summed E-state index contributed by atoms with van der Waals surface area (Å²) in [6.07, 6.45) is 6.34. The molecule has 0 heterocycles. The summed E-state index contributed by atoms with van der Waals surface area (Å²) in [4.78, 5) is 12.7. The summed E-state index contributed by atoms with van der Waals surface area (Å²) in [5.41, 5.74) is 1.48. The molecule has 3 fully saturated rings. The Labute approximate surface area is 114 Å². The zero-order valence-electron chi connectivity index (χ0n) is 11.2. The van der Waals surface area contributed by atoms with Crippen LogP contribution in [0.15, 0.2) is 10.5 Å². The fourth-order valence-electron chi connectivity index (χ4n) is 4.68. The number of allylic oxidation sites excluding steroid dienone is 2. The van der Waals surface area contributed by atoms with Crippen molar-refractivity contribution in [3.63, 3.8) is 0 Å². The van der Waals surface area contributed by atoms with E-state index in [0.29, 0.717) is 17.3 Å². The summed E-state index contributed by atoms with van der Waals surface area (Å²) >= 11 is 4.54. The van der Waals surface area contributed by atoms with Crippen molar-refractivity contribution in [2.75, 3.05) is 0 Å². The second-order valence-electron chi connectivity index (χ2n) is 6.92. The van der Waals surface area contributed by atoms with Crippen molar-refractivity contribution in [1.82, 2.24) is 0 Å². The highest BCUT2D eigenvalue weighted by Gasteiger charge is 2.64. The largest absolute Gasteiger partial charge is 0.481 e. The number of carboxylic acid groups (broad SMARTS) is 1. The zero-order valence-corrected chi connectivity index (χ0v) is 12.1. The van der Waals surface area contributed by atoms with E-state index in [1.807, 2.05) is 0 Å². The molecule has 2 nitrogen and oxygen atoms in total. The van der Waals surface area contributed by atoms with Gasteiger partial charge in [-0.3, -0.25) is 4.79 Å². The van der Waals surface area contributed by atoms with Gasteiger partial charge in [0.2, 0.25) is 0 Å². The Morgan fingerprint density at radius 1 is 1.39 bits per heavy atom. The van der Waals surface area contributed by atoms with Crippen molar-refractivity contribution in [3.8, 4) is 0 Å². The molecule has 100 valence electrons. The van der Waals surface area contributed by atoms with Gasteiger partial charge in [0, 0.05) is 0 Å². The molecule has 1 N–H and O–H groups in total. The Kier molecular flexibility index (Phi) is 2.64. The topological polar surface area (TPSA) is 37.3 Å². The zero-order chi connectivity index (χ0) is 13.1. The van der Waals surface area contributed by atoms with E-state index in [-0.39, 0.29) is 5.41 Å². The van der Waals surface area contributed by atoms with E-state index in [1.54, 1.807) is 0 Å². The van der Waals surface area contributed by atoms with Crippen LogP contribution in [-0.4, -0.2) is 11.1 Å². The van der Waals surface area contributed by atoms with Gasteiger partial charge in [0.05, 0.1) is 5.41 Å². The fourth-order valence-corrected chi connectivity index (χ4v) is 4.95. The number of rotatable bonds is 1. The Hall–Kier alpha value is -0.440. The quantitative estimate of drug-likeness (QED) is 0.707. The highest BCUT2D eigenvalue weighted by atomic mass is 32.1. The molecule has 0 radical (unpaired) electrons. The van der Waals surface area contributed by atoms with Gasteiger partial charge in [-0.25, -0.2) is 0 Å². The van der Waals surface area contributed by atoms with E-state index in [4.69, 9.17) is 0 Å². The lowest BCUT2D eigenvalue weighted by Crippen LogP contribution is -2.22. The van der Waals surface area contributed by atoms with Gasteiger partial charge in [0.1, 0.15) is 0 Å². The van der Waals surface area contributed by atoms with E-state index < -0.39 is 5.97 Å². The van der Waals surface area contributed by atoms with Crippen LogP contribution >= 0.6 is 12.6 Å². The molecule has 3 aliphatic rings. The van der Waals surface area contributed by atoms with Crippen LogP contribution in [0.2, 0.25) is 0 Å². The minimum Gasteiger partial charge on any atom is -0.481 e. The van der Waals surface area contributed by atoms with Crippen LogP contribution in [-0.2, 0) is 4.79 Å². The van der Waals surface area contributed by atoms with Gasteiger partial charge in [-0.15, -0.1) is 12.6 Å². The summed E-state index contributed by atoms with van der Waals surface area (Å²) in [6, 6.07) is 0. The van der Waals surface area contributed by atoms with Gasteiger partial charge in [-0.1, -0.05) is 12.5 Å². The van der Waals surface area contributed by atoms with Crippen molar-refractivity contribution >= 4 is 18.6 Å². The molecule has 4 atom stereocenters. The molecule has 18 heavy (non-hydrogen) atoms. The third-order valence-corrected chi connectivity index (χ3v) is 6.23. The van der Waals surface area contributed by atoms with Gasteiger partial charge < -0.3 is 5.11 Å². The molecule has 3 rings (SSSR count). The first-order valence-electron chi connectivity index (χ1n) is 7.01. The van der Waals surface area contributed by atoms with Crippen molar-refractivity contribution in [2.45, 2.75) is 52.4 Å². The third kappa shape index (κ3) is 1.59. The molecule has 0 aliphatic heterocycles. The number of hydrogen-bond acceptors (Lipinski definition) is 2. The SMILES string of the molecule is C/C(S)=C1/CC[C@]2(C)C[C@@H]3C[C@]3(C(=O)O)CC[C@@H]12. The Morgan fingerprint density at radius 2 is 2.11 bits per heavy atom. The van der Waals surface area contributed by atoms with Gasteiger partial charge in [0.15, 0.2) is 0 Å². The summed E-state index contributed by atoms with van der Waals surface area (Å²) in [7, 11) is 0. The summed E-state index contributed by atoms with van der Waals surface area (Å²) in [6.45, 7) is 4.46. The highest BCUT2D eigenvalue weighted by molar-refractivity contribution is 7.84. The van der Waals surface area contributed by atoms with Crippen LogP contribution in [0.25, 0.3) is 0 Å². The molecular weight excluding hydrogens is 244 g/mol. The van der Waals surface area contributed by atoms with Crippen LogP contribution in [0.5, 0.6) is 0 Å². The lowest BCUT2D eigenvalue weighted by molar-refractivity contribution is -0.144. The lowest BCUT2D eigenvalue weighted by Gasteiger charge is -2.31. The summed E-state index contributed by atoms with van der Waals surface area (Å²) in [5.74, 6) is 0.466. The first-order chi connectivity index (χ1) is 8.39. The van der Waals surface area contributed by atoms with Crippen molar-refractivity contribution < 1.29 is 9.90 Å². The molecule has 0 unspecified atom stereocenters. The Morgan fingerprint density at radius 3 is 2.72 bits per heavy atom. The average Bonchev–Trinajstić information content (AvgIpc) is 2.88. The number of carboxylic acids is 1. The molecule has 3 saturated carbocycles. The average molecular weight is 266 g/mol. The monoisotopic (exact) mass is 266 g/mol. The van der Waals surface area contributed by atoms with E-state index in [2.05, 4.69) is 26.5 Å². The van der Waals surface area contributed by atoms with E-state index >= 15 is 0 Å². The summed E-state index contributed by atoms with van der Waals surface area (Å²) in [5, 5.41) is 9.46. The van der Waals surface area contributed by atoms with Crippen LogP contribution in [0.4, 0.5) is 0 Å². The smallest absolute Gasteiger partial charge is 0.309 e. The van der Waals surface area contributed by atoms with Gasteiger partial charge in [0.25, 0.3) is 0 Å². The molecule has 0 aromatic heterocycles. The minimum atomic E-state index is -0.552. The van der Waals surface area contributed by atoms with Crippen LogP contribution in [0.1, 0.15) is 52.4 Å². The number of aliphatic carboxylic acids is 1. The third-order valence-electron chi connectivity index (χ3n) is 5.94. The fraction of sp³-hybridized carbons (Fsp3) is 0.800. The maximum Gasteiger partial charge on any atom is 0.309 e. The van der Waals surface area contributed by atoms with E-state index in [0.717, 1.165) is 25.7 Å². The molecule has 0 bridgehead atoms. The molecule has 0 aromatic carbocycles. The number of fused-ring (bicyclic) bond motifs is 2. The molecule has 0 aromatic rings. The maximum absolute atomic E-state index is 11.5. The van der Waals surface area contributed by atoms with E-state index in [1.165, 1.54) is 23.3 Å². The second-order valence-corrected chi connectivity index (χ2v) is 7.59. The van der Waals surface area contributed by atoms with E-state index in [9.17, 15) is 9.90 Å². The standard InChI is InChI=1S/C15H22O2S/c1-9(18)11-3-5-14(2)7-10-8-15(10,13(16)17)6-4-12(11)14/h10,12,18H,3-8H2,1-2H3,(H,16,17)/b11-9+/t10-,12+,14-,15-/m1/s1. The molecule has 3 heteroatoms. The van der Waals surface area contributed by atoms with Gasteiger partial charge >= 0.3 is 5.97 Å². The lowest BCUT2D eigenvalue weighted by atomic mass is 9.74. The Bertz CT molecular complexity index is 438. The first kappa shape index (κ1) is 12.6. The first-order valence-corrected chi connectivity index (χ1v) is 7.46. The predicted molar refractivity (Wildman–Crippen MR) is 74.5 cm³/mol. The normalized spacial score (nSPS) is 49.1. The number of carbonyl (C=O) groups is 1. The number of hydrogen-bond donors (Lipinski definition) is 2. The molecule has 3 aliphatic carbocycles. The predicted octanol–water partition coefficient (Wildman–Crippen LogP) is 3.88. The maximum atomic E-state index is 11.5. The van der Waals surface area contributed by atoms with Crippen molar-refractivity contribution in [2.24, 2.45) is 22.7 Å². The van der Waals surface area contributed by atoms with Gasteiger partial charge in [-0.2, -0.15) is 0 Å². The molecule has 0 spiro atoms. The van der Waals surface area contributed by atoms with Crippen molar-refractivity contribution in [3.05, 3.63) is 10.5 Å². The minimum absolute atomic E-state index is 0.331. The van der Waals surface area contributed by atoms with Crippen LogP contribution in [0.3, 0.4) is 0 Å². The molecule has 0 saturated heterocycles. The highest BCUT2D eigenvalue weighted by Crippen LogP contribution is 2.68.